The van der Waals surface area contributed by atoms with Crippen molar-refractivity contribution >= 4 is 41.1 Å². The second kappa shape index (κ2) is 9.48. The molecule has 25 heavy (non-hydrogen) atoms. The molecule has 2 N–H and O–H groups in total. The molecule has 1 heterocycles. The van der Waals surface area contributed by atoms with E-state index >= 15 is 0 Å². The minimum Gasteiger partial charge on any atom is -0.455 e. The number of thioether (sulfide) groups is 1. The van der Waals surface area contributed by atoms with Crippen molar-refractivity contribution < 1.29 is 23.6 Å². The van der Waals surface area contributed by atoms with Crippen LogP contribution in [0, 0.1) is 6.92 Å². The van der Waals surface area contributed by atoms with Crippen LogP contribution in [0.15, 0.2) is 40.9 Å². The minimum absolute atomic E-state index is 0.0378. The fourth-order valence-corrected chi connectivity index (χ4v) is 2.35. The number of nitrogens with zero attached hydrogens (tertiary/aromatic N) is 1. The first-order chi connectivity index (χ1) is 12.0. The molecule has 0 saturated carbocycles. The maximum atomic E-state index is 11.6. The molecule has 0 aliphatic rings. The first kappa shape index (κ1) is 18.5. The van der Waals surface area contributed by atoms with Gasteiger partial charge >= 0.3 is 5.97 Å². The third kappa shape index (κ3) is 7.08. The second-order valence-corrected chi connectivity index (χ2v) is 5.92. The smallest absolute Gasteiger partial charge is 0.316 e. The van der Waals surface area contributed by atoms with Gasteiger partial charge in [-0.1, -0.05) is 23.4 Å². The van der Waals surface area contributed by atoms with Gasteiger partial charge in [0.05, 0.1) is 11.5 Å². The van der Waals surface area contributed by atoms with E-state index in [2.05, 4.69) is 15.8 Å². The number of carbonyl (C=O) groups excluding carboxylic acids is 3. The number of esters is 1. The van der Waals surface area contributed by atoms with Gasteiger partial charge in [0.2, 0.25) is 5.91 Å². The monoisotopic (exact) mass is 363 g/mol. The summed E-state index contributed by atoms with van der Waals surface area (Å²) in [6.45, 7) is 1.33. The zero-order valence-electron chi connectivity index (χ0n) is 13.5. The predicted molar refractivity (Wildman–Crippen MR) is 93.2 cm³/mol. The maximum absolute atomic E-state index is 11.6. The summed E-state index contributed by atoms with van der Waals surface area (Å²) in [5.74, 6) is -0.389. The largest absolute Gasteiger partial charge is 0.455 e. The van der Waals surface area contributed by atoms with Crippen molar-refractivity contribution in [2.75, 3.05) is 28.7 Å². The summed E-state index contributed by atoms with van der Waals surface area (Å²) in [5.41, 5.74) is 0.623. The summed E-state index contributed by atoms with van der Waals surface area (Å²) >= 11 is 1.07. The Kier molecular flexibility index (Phi) is 7.02. The second-order valence-electron chi connectivity index (χ2n) is 4.94. The number of amides is 2. The molecule has 0 aliphatic carbocycles. The highest BCUT2D eigenvalue weighted by Crippen LogP contribution is 2.09. The van der Waals surface area contributed by atoms with Crippen molar-refractivity contribution in [3.63, 3.8) is 0 Å². The Morgan fingerprint density at radius 3 is 2.56 bits per heavy atom. The Balaban J connectivity index is 1.59. The summed E-state index contributed by atoms with van der Waals surface area (Å²) in [6, 6.07) is 10.4. The van der Waals surface area contributed by atoms with E-state index in [1.807, 2.05) is 6.07 Å². The number of anilines is 2. The van der Waals surface area contributed by atoms with E-state index < -0.39 is 11.9 Å². The summed E-state index contributed by atoms with van der Waals surface area (Å²) in [5, 5.41) is 8.76. The predicted octanol–water partition coefficient (Wildman–Crippen LogP) is 1.84. The third-order valence-electron chi connectivity index (χ3n) is 2.77. The molecule has 0 fully saturated rings. The van der Waals surface area contributed by atoms with Crippen LogP contribution in [0.2, 0.25) is 0 Å². The molecule has 2 aromatic rings. The molecule has 0 aliphatic heterocycles. The lowest BCUT2D eigenvalue weighted by Gasteiger charge is -2.06. The van der Waals surface area contributed by atoms with E-state index in [0.29, 0.717) is 17.3 Å². The van der Waals surface area contributed by atoms with Gasteiger partial charge in [-0.3, -0.25) is 14.4 Å². The summed E-state index contributed by atoms with van der Waals surface area (Å²) in [4.78, 5) is 34.8. The lowest BCUT2D eigenvalue weighted by Crippen LogP contribution is -2.22. The highest BCUT2D eigenvalue weighted by molar-refractivity contribution is 8.00. The van der Waals surface area contributed by atoms with Crippen LogP contribution in [-0.2, 0) is 19.1 Å². The molecule has 2 rings (SSSR count). The van der Waals surface area contributed by atoms with Gasteiger partial charge in [-0.15, -0.1) is 11.8 Å². The molecular weight excluding hydrogens is 346 g/mol. The van der Waals surface area contributed by atoms with Crippen LogP contribution < -0.4 is 10.6 Å². The van der Waals surface area contributed by atoms with Gasteiger partial charge < -0.3 is 19.9 Å². The number of nitrogens with one attached hydrogen (secondary N) is 2. The zero-order valence-corrected chi connectivity index (χ0v) is 14.3. The molecule has 9 heteroatoms. The van der Waals surface area contributed by atoms with E-state index in [-0.39, 0.29) is 24.0 Å². The fraction of sp³-hybridized carbons (Fsp3) is 0.250. The summed E-state index contributed by atoms with van der Waals surface area (Å²) < 4.78 is 9.67. The number of aromatic nitrogens is 1. The normalized spacial score (nSPS) is 10.1. The Labute approximate surface area is 148 Å². The van der Waals surface area contributed by atoms with Crippen molar-refractivity contribution in [3.8, 4) is 0 Å². The van der Waals surface area contributed by atoms with Crippen molar-refractivity contribution in [1.82, 2.24) is 5.16 Å². The Bertz CT molecular complexity index is 732. The molecule has 0 unspecified atom stereocenters. The van der Waals surface area contributed by atoms with Crippen molar-refractivity contribution in [3.05, 3.63) is 42.2 Å². The number of hydrogen-bond donors (Lipinski definition) is 2. The van der Waals surface area contributed by atoms with Crippen LogP contribution in [0.4, 0.5) is 11.5 Å². The van der Waals surface area contributed by atoms with E-state index in [1.54, 1.807) is 37.3 Å². The van der Waals surface area contributed by atoms with Gasteiger partial charge in [-0.05, 0) is 19.1 Å². The molecule has 8 nitrogen and oxygen atoms in total. The minimum atomic E-state index is -0.571. The van der Waals surface area contributed by atoms with Gasteiger partial charge in [0, 0.05) is 11.8 Å². The van der Waals surface area contributed by atoms with Gasteiger partial charge in [-0.25, -0.2) is 0 Å². The van der Waals surface area contributed by atoms with Crippen LogP contribution in [0.3, 0.4) is 0 Å². The van der Waals surface area contributed by atoms with Crippen LogP contribution in [-0.4, -0.2) is 41.1 Å². The van der Waals surface area contributed by atoms with E-state index in [9.17, 15) is 14.4 Å². The highest BCUT2D eigenvalue weighted by atomic mass is 32.2. The lowest BCUT2D eigenvalue weighted by molar-refractivity contribution is -0.144. The third-order valence-corrected chi connectivity index (χ3v) is 3.68. The standard InChI is InChI=1S/C16H17N3O5S/c1-11-7-13(19-24-11)18-15(21)9-25-10-16(22)23-8-14(20)17-12-5-3-2-4-6-12/h2-7H,8-10H2,1H3,(H,17,20)(H,18,19,21). The van der Waals surface area contributed by atoms with Gasteiger partial charge in [0.25, 0.3) is 5.91 Å². The van der Waals surface area contributed by atoms with Gasteiger partial charge in [0.1, 0.15) is 5.76 Å². The maximum Gasteiger partial charge on any atom is 0.316 e. The molecule has 0 saturated heterocycles. The van der Waals surface area contributed by atoms with Crippen molar-refractivity contribution in [2.24, 2.45) is 0 Å². The fourth-order valence-electron chi connectivity index (χ4n) is 1.74. The van der Waals surface area contributed by atoms with E-state index in [0.717, 1.165) is 11.8 Å². The number of carbonyl (C=O) groups is 3. The molecular formula is C16H17N3O5S. The quantitative estimate of drug-likeness (QED) is 0.688. The van der Waals surface area contributed by atoms with Crippen molar-refractivity contribution in [1.29, 1.82) is 0 Å². The Morgan fingerprint density at radius 1 is 1.12 bits per heavy atom. The lowest BCUT2D eigenvalue weighted by atomic mass is 10.3. The number of hydrogen-bond acceptors (Lipinski definition) is 7. The molecule has 0 bridgehead atoms. The van der Waals surface area contributed by atoms with Crippen molar-refractivity contribution in [2.45, 2.75) is 6.92 Å². The molecule has 0 radical (unpaired) electrons. The molecule has 1 aromatic heterocycles. The average Bonchev–Trinajstić information content (AvgIpc) is 2.98. The van der Waals surface area contributed by atoms with Crippen LogP contribution in [0.1, 0.15) is 5.76 Å². The van der Waals surface area contributed by atoms with Crippen LogP contribution >= 0.6 is 11.8 Å². The van der Waals surface area contributed by atoms with E-state index in [4.69, 9.17) is 9.26 Å². The Morgan fingerprint density at radius 2 is 1.88 bits per heavy atom. The molecule has 2 amide bonds. The molecule has 132 valence electrons. The van der Waals surface area contributed by atoms with Gasteiger partial charge in [-0.2, -0.15) is 0 Å². The number of para-hydroxylation sites is 1. The molecule has 1 aromatic carbocycles. The van der Waals surface area contributed by atoms with Crippen LogP contribution in [0.5, 0.6) is 0 Å². The number of aryl methyl sites for hydroxylation is 1. The first-order valence-electron chi connectivity index (χ1n) is 7.34. The van der Waals surface area contributed by atoms with Gasteiger partial charge in [0.15, 0.2) is 12.4 Å². The first-order valence-corrected chi connectivity index (χ1v) is 8.50. The van der Waals surface area contributed by atoms with Crippen LogP contribution in [0.25, 0.3) is 0 Å². The number of rotatable bonds is 8. The average molecular weight is 363 g/mol. The number of benzene rings is 1. The number of ether oxygens (including phenoxy) is 1. The SMILES string of the molecule is Cc1cc(NC(=O)CSCC(=O)OCC(=O)Nc2ccccc2)no1. The molecule has 0 spiro atoms. The summed E-state index contributed by atoms with van der Waals surface area (Å²) in [6.07, 6.45) is 0. The highest BCUT2D eigenvalue weighted by Gasteiger charge is 2.11. The zero-order chi connectivity index (χ0) is 18.1. The molecule has 0 atom stereocenters. The van der Waals surface area contributed by atoms with E-state index in [1.165, 1.54) is 0 Å². The topological polar surface area (TPSA) is 111 Å². The summed E-state index contributed by atoms with van der Waals surface area (Å²) in [7, 11) is 0. The Hall–Kier alpha value is -2.81.